The predicted octanol–water partition coefficient (Wildman–Crippen LogP) is 2.64. The van der Waals surface area contributed by atoms with Gasteiger partial charge in [0, 0.05) is 18.9 Å². The average Bonchev–Trinajstić information content (AvgIpc) is 2.66. The number of nitriles is 1. The first-order valence-electron chi connectivity index (χ1n) is 5.48. The molecule has 1 heterocycles. The number of hydrogen-bond acceptors (Lipinski definition) is 4. The first-order valence-corrected chi connectivity index (χ1v) is 5.48. The molecular weight excluding hydrogens is 271 g/mol. The summed E-state index contributed by atoms with van der Waals surface area (Å²) in [6.07, 6.45) is -3.07. The SMILES string of the molecule is Cn1cc(N)c(Nc2ccc(C#N)c(C(F)(F)F)c2)n1. The van der Waals surface area contributed by atoms with Gasteiger partial charge in [-0.05, 0) is 18.2 Å². The molecule has 104 valence electrons. The van der Waals surface area contributed by atoms with Crippen molar-refractivity contribution < 1.29 is 13.2 Å². The van der Waals surface area contributed by atoms with Gasteiger partial charge in [-0.1, -0.05) is 0 Å². The number of aryl methyl sites for hydroxylation is 1. The van der Waals surface area contributed by atoms with Crippen molar-refractivity contribution in [3.63, 3.8) is 0 Å². The Labute approximate surface area is 112 Å². The van der Waals surface area contributed by atoms with Gasteiger partial charge in [-0.15, -0.1) is 0 Å². The van der Waals surface area contributed by atoms with E-state index in [-0.39, 0.29) is 11.5 Å². The quantitative estimate of drug-likeness (QED) is 0.886. The highest BCUT2D eigenvalue weighted by Gasteiger charge is 2.33. The Balaban J connectivity index is 2.40. The van der Waals surface area contributed by atoms with E-state index in [1.54, 1.807) is 7.05 Å². The number of hydrogen-bond donors (Lipinski definition) is 2. The molecule has 1 aromatic carbocycles. The highest BCUT2D eigenvalue weighted by molar-refractivity contribution is 5.69. The maximum atomic E-state index is 12.8. The number of nitrogens with zero attached hydrogens (tertiary/aromatic N) is 3. The van der Waals surface area contributed by atoms with Gasteiger partial charge in [0.1, 0.15) is 0 Å². The number of halogens is 3. The maximum absolute atomic E-state index is 12.8. The van der Waals surface area contributed by atoms with Crippen LogP contribution >= 0.6 is 0 Å². The fourth-order valence-electron chi connectivity index (χ4n) is 1.69. The van der Waals surface area contributed by atoms with Gasteiger partial charge in [0.05, 0.1) is 22.9 Å². The molecule has 3 N–H and O–H groups in total. The number of benzene rings is 1. The largest absolute Gasteiger partial charge is 0.417 e. The zero-order chi connectivity index (χ0) is 14.9. The third-order valence-corrected chi connectivity index (χ3v) is 2.57. The number of nitrogen functional groups attached to an aromatic ring is 1. The monoisotopic (exact) mass is 281 g/mol. The van der Waals surface area contributed by atoms with E-state index in [4.69, 9.17) is 11.0 Å². The van der Waals surface area contributed by atoms with Crippen LogP contribution in [-0.2, 0) is 13.2 Å². The zero-order valence-electron chi connectivity index (χ0n) is 10.4. The molecule has 0 saturated carbocycles. The van der Waals surface area contributed by atoms with Crippen LogP contribution in [0.25, 0.3) is 0 Å². The topological polar surface area (TPSA) is 79.7 Å². The van der Waals surface area contributed by atoms with Gasteiger partial charge in [0.2, 0.25) is 0 Å². The second kappa shape index (κ2) is 4.77. The highest BCUT2D eigenvalue weighted by atomic mass is 19.4. The van der Waals surface area contributed by atoms with Gasteiger partial charge in [0.25, 0.3) is 0 Å². The van der Waals surface area contributed by atoms with E-state index in [0.29, 0.717) is 5.69 Å². The Morgan fingerprint density at radius 3 is 2.60 bits per heavy atom. The van der Waals surface area contributed by atoms with Crippen LogP contribution in [0.3, 0.4) is 0 Å². The second-order valence-corrected chi connectivity index (χ2v) is 4.10. The molecule has 2 aromatic rings. The molecule has 20 heavy (non-hydrogen) atoms. The number of anilines is 3. The normalized spacial score (nSPS) is 11.2. The number of alkyl halides is 3. The fraction of sp³-hybridized carbons (Fsp3) is 0.167. The number of rotatable bonds is 2. The maximum Gasteiger partial charge on any atom is 0.417 e. The van der Waals surface area contributed by atoms with Gasteiger partial charge in [-0.25, -0.2) is 0 Å². The molecule has 0 fully saturated rings. The van der Waals surface area contributed by atoms with Crippen molar-refractivity contribution in [2.45, 2.75) is 6.18 Å². The summed E-state index contributed by atoms with van der Waals surface area (Å²) in [5.41, 5.74) is 4.68. The number of nitrogens with two attached hydrogens (primary N) is 1. The Morgan fingerprint density at radius 2 is 2.10 bits per heavy atom. The van der Waals surface area contributed by atoms with Crippen molar-refractivity contribution in [3.8, 4) is 6.07 Å². The summed E-state index contributed by atoms with van der Waals surface area (Å²) >= 11 is 0. The summed E-state index contributed by atoms with van der Waals surface area (Å²) in [6.45, 7) is 0. The van der Waals surface area contributed by atoms with Crippen LogP contribution in [-0.4, -0.2) is 9.78 Å². The van der Waals surface area contributed by atoms with E-state index in [1.165, 1.54) is 23.0 Å². The van der Waals surface area contributed by atoms with Gasteiger partial charge in [0.15, 0.2) is 5.82 Å². The molecule has 1 aromatic heterocycles. The lowest BCUT2D eigenvalue weighted by atomic mass is 10.1. The number of nitrogens with one attached hydrogen (secondary N) is 1. The van der Waals surface area contributed by atoms with Crippen molar-refractivity contribution in [2.75, 3.05) is 11.1 Å². The third-order valence-electron chi connectivity index (χ3n) is 2.57. The van der Waals surface area contributed by atoms with Crippen molar-refractivity contribution in [1.29, 1.82) is 5.26 Å². The minimum Gasteiger partial charge on any atom is -0.394 e. The molecule has 0 aliphatic heterocycles. The van der Waals surface area contributed by atoms with E-state index < -0.39 is 17.3 Å². The molecule has 0 unspecified atom stereocenters. The van der Waals surface area contributed by atoms with E-state index in [9.17, 15) is 13.2 Å². The lowest BCUT2D eigenvalue weighted by Crippen LogP contribution is -2.08. The molecule has 0 bridgehead atoms. The standard InChI is InChI=1S/C12H10F3N5/c1-20-6-10(17)11(19-20)18-8-3-2-7(5-16)9(4-8)12(13,14)15/h2-4,6H,17H2,1H3,(H,18,19). The van der Waals surface area contributed by atoms with Crippen LogP contribution in [0.5, 0.6) is 0 Å². The molecule has 0 atom stereocenters. The molecular formula is C12H10F3N5. The fourth-order valence-corrected chi connectivity index (χ4v) is 1.69. The van der Waals surface area contributed by atoms with E-state index in [1.807, 2.05) is 0 Å². The third kappa shape index (κ3) is 2.66. The smallest absolute Gasteiger partial charge is 0.394 e. The highest BCUT2D eigenvalue weighted by Crippen LogP contribution is 2.34. The molecule has 0 aliphatic carbocycles. The van der Waals surface area contributed by atoms with Crippen LogP contribution in [0.15, 0.2) is 24.4 Å². The Morgan fingerprint density at radius 1 is 1.40 bits per heavy atom. The van der Waals surface area contributed by atoms with Gasteiger partial charge < -0.3 is 11.1 Å². The lowest BCUT2D eigenvalue weighted by Gasteiger charge is -2.11. The molecule has 0 saturated heterocycles. The van der Waals surface area contributed by atoms with E-state index in [2.05, 4.69) is 10.4 Å². The van der Waals surface area contributed by atoms with Crippen molar-refractivity contribution >= 4 is 17.2 Å². The molecule has 2 rings (SSSR count). The zero-order valence-corrected chi connectivity index (χ0v) is 10.4. The summed E-state index contributed by atoms with van der Waals surface area (Å²) in [4.78, 5) is 0. The summed E-state index contributed by atoms with van der Waals surface area (Å²) in [6, 6.07) is 4.83. The minimum atomic E-state index is -4.60. The Bertz CT molecular complexity index is 681. The molecule has 5 nitrogen and oxygen atoms in total. The van der Waals surface area contributed by atoms with Crippen LogP contribution in [0.4, 0.5) is 30.4 Å². The number of aromatic nitrogens is 2. The van der Waals surface area contributed by atoms with Crippen LogP contribution < -0.4 is 11.1 Å². The minimum absolute atomic E-state index is 0.154. The average molecular weight is 281 g/mol. The molecule has 0 radical (unpaired) electrons. The van der Waals surface area contributed by atoms with Crippen molar-refractivity contribution in [2.24, 2.45) is 7.05 Å². The van der Waals surface area contributed by atoms with E-state index >= 15 is 0 Å². The molecule has 8 heteroatoms. The van der Waals surface area contributed by atoms with Crippen molar-refractivity contribution in [1.82, 2.24) is 9.78 Å². The van der Waals surface area contributed by atoms with Crippen LogP contribution in [0.2, 0.25) is 0 Å². The summed E-state index contributed by atoms with van der Waals surface area (Å²) in [5.74, 6) is 0.255. The van der Waals surface area contributed by atoms with Gasteiger partial charge in [-0.3, -0.25) is 4.68 Å². The first kappa shape index (κ1) is 13.7. The Hall–Kier alpha value is -2.69. The molecule has 0 amide bonds. The Kier molecular flexibility index (Phi) is 3.28. The lowest BCUT2D eigenvalue weighted by molar-refractivity contribution is -0.137. The van der Waals surface area contributed by atoms with Crippen LogP contribution in [0.1, 0.15) is 11.1 Å². The molecule has 0 aliphatic rings. The van der Waals surface area contributed by atoms with Gasteiger partial charge >= 0.3 is 6.18 Å². The summed E-state index contributed by atoms with van der Waals surface area (Å²) in [5, 5.41) is 15.4. The van der Waals surface area contributed by atoms with E-state index in [0.717, 1.165) is 12.1 Å². The van der Waals surface area contributed by atoms with Crippen molar-refractivity contribution in [3.05, 3.63) is 35.5 Å². The molecule has 0 spiro atoms. The van der Waals surface area contributed by atoms with Crippen LogP contribution in [0, 0.1) is 11.3 Å². The predicted molar refractivity (Wildman–Crippen MR) is 67.1 cm³/mol. The summed E-state index contributed by atoms with van der Waals surface area (Å²) < 4.78 is 39.9. The second-order valence-electron chi connectivity index (χ2n) is 4.10. The first-order chi connectivity index (χ1) is 9.31. The van der Waals surface area contributed by atoms with Gasteiger partial charge in [-0.2, -0.15) is 23.5 Å². The summed E-state index contributed by atoms with van der Waals surface area (Å²) in [7, 11) is 1.64.